The van der Waals surface area contributed by atoms with E-state index in [2.05, 4.69) is 53.3 Å². The molecule has 0 fully saturated rings. The summed E-state index contributed by atoms with van der Waals surface area (Å²) in [4.78, 5) is 6.93. The summed E-state index contributed by atoms with van der Waals surface area (Å²) in [5.74, 6) is -0.281. The number of imidazole rings is 1. The van der Waals surface area contributed by atoms with Crippen LogP contribution in [0.1, 0.15) is 26.7 Å². The Morgan fingerprint density at radius 2 is 1.65 bits per heavy atom. The second kappa shape index (κ2) is 9.00. The summed E-state index contributed by atoms with van der Waals surface area (Å²) in [6.07, 6.45) is 5.89. The maximum absolute atomic E-state index is 9.87. The number of aromatic nitrogens is 2. The molecule has 2 aromatic heterocycles. The van der Waals surface area contributed by atoms with Gasteiger partial charge in [-0.1, -0.05) is 13.8 Å². The van der Waals surface area contributed by atoms with E-state index in [-0.39, 0.29) is 11.5 Å². The van der Waals surface area contributed by atoms with Crippen LogP contribution in [0.2, 0.25) is 0 Å². The molecule has 160 valence electrons. The fourth-order valence-electron chi connectivity index (χ4n) is 3.85. The molecule has 0 saturated carbocycles. The molecular formula is C25H28N4O2. The lowest BCUT2D eigenvalue weighted by Crippen LogP contribution is -2.24. The predicted octanol–water partition coefficient (Wildman–Crippen LogP) is 5.78. The minimum absolute atomic E-state index is 0.135. The number of hydrogen-bond acceptors (Lipinski definition) is 5. The molecule has 0 unspecified atom stereocenters. The van der Waals surface area contributed by atoms with Crippen LogP contribution in [-0.4, -0.2) is 32.7 Å². The Hall–Kier alpha value is -3.67. The van der Waals surface area contributed by atoms with Crippen LogP contribution < -0.4 is 10.2 Å². The standard InChI is InChI=1S/C25H28N4O2/c1-3-14-28(15-4-2)20-8-6-19(7-9-20)27-21-10-11-22(29-16-13-26-25(21)29)18-5-12-23(30)24(31)17-18/h5-13,16-17,27,30-31H,3-4,14-15H2,1-2H3. The quantitative estimate of drug-likeness (QED) is 0.317. The molecule has 0 aliphatic heterocycles. The normalized spacial score (nSPS) is 11.0. The monoisotopic (exact) mass is 416 g/mol. The van der Waals surface area contributed by atoms with Gasteiger partial charge in [0.2, 0.25) is 0 Å². The lowest BCUT2D eigenvalue weighted by Gasteiger charge is -2.24. The van der Waals surface area contributed by atoms with E-state index >= 15 is 0 Å². The molecule has 4 rings (SSSR count). The van der Waals surface area contributed by atoms with Crippen molar-refractivity contribution in [1.29, 1.82) is 0 Å². The van der Waals surface area contributed by atoms with E-state index < -0.39 is 0 Å². The first-order chi connectivity index (χ1) is 15.1. The van der Waals surface area contributed by atoms with Crippen molar-refractivity contribution in [3.63, 3.8) is 0 Å². The molecule has 0 aliphatic carbocycles. The summed E-state index contributed by atoms with van der Waals surface area (Å²) in [6.45, 7) is 6.53. The van der Waals surface area contributed by atoms with E-state index in [4.69, 9.17) is 0 Å². The Balaban J connectivity index is 1.61. The summed E-state index contributed by atoms with van der Waals surface area (Å²) in [5.41, 5.74) is 5.58. The second-order valence-electron chi connectivity index (χ2n) is 7.62. The number of pyridine rings is 1. The van der Waals surface area contributed by atoms with Crippen molar-refractivity contribution in [3.8, 4) is 22.8 Å². The number of nitrogens with one attached hydrogen (secondary N) is 1. The first kappa shape index (κ1) is 20.6. The Kier molecular flexibility index (Phi) is 5.98. The minimum atomic E-state index is -0.145. The van der Waals surface area contributed by atoms with Gasteiger partial charge < -0.3 is 20.4 Å². The molecule has 6 nitrogen and oxygen atoms in total. The Morgan fingerprint density at radius 1 is 0.903 bits per heavy atom. The van der Waals surface area contributed by atoms with Gasteiger partial charge in [0.05, 0.1) is 11.4 Å². The van der Waals surface area contributed by atoms with Crippen molar-refractivity contribution < 1.29 is 10.2 Å². The SMILES string of the molecule is CCCN(CCC)c1ccc(Nc2ccc(-c3ccc(O)c(O)c3)n3ccnc23)cc1. The third kappa shape index (κ3) is 4.28. The molecule has 2 aromatic carbocycles. The number of fused-ring (bicyclic) bond motifs is 1. The highest BCUT2D eigenvalue weighted by Crippen LogP contribution is 2.33. The molecule has 4 aromatic rings. The summed E-state index contributed by atoms with van der Waals surface area (Å²) in [7, 11) is 0. The van der Waals surface area contributed by atoms with Crippen molar-refractivity contribution in [1.82, 2.24) is 9.38 Å². The minimum Gasteiger partial charge on any atom is -0.504 e. The lowest BCUT2D eigenvalue weighted by atomic mass is 10.1. The van der Waals surface area contributed by atoms with Gasteiger partial charge in [0.15, 0.2) is 17.1 Å². The molecule has 0 saturated heterocycles. The van der Waals surface area contributed by atoms with Crippen molar-refractivity contribution in [3.05, 3.63) is 67.0 Å². The maximum Gasteiger partial charge on any atom is 0.161 e. The molecule has 0 aliphatic rings. The van der Waals surface area contributed by atoms with Crippen molar-refractivity contribution >= 4 is 22.7 Å². The van der Waals surface area contributed by atoms with Gasteiger partial charge in [-0.15, -0.1) is 0 Å². The van der Waals surface area contributed by atoms with Crippen molar-refractivity contribution in [2.45, 2.75) is 26.7 Å². The van der Waals surface area contributed by atoms with Gasteiger partial charge in [-0.3, -0.25) is 4.40 Å². The number of nitrogens with zero attached hydrogens (tertiary/aromatic N) is 3. The molecule has 31 heavy (non-hydrogen) atoms. The first-order valence-electron chi connectivity index (χ1n) is 10.7. The Morgan fingerprint density at radius 3 is 2.32 bits per heavy atom. The summed E-state index contributed by atoms with van der Waals surface area (Å²) in [5, 5.41) is 22.9. The topological polar surface area (TPSA) is 73.0 Å². The zero-order chi connectivity index (χ0) is 21.8. The number of hydrogen-bond donors (Lipinski definition) is 3. The van der Waals surface area contributed by atoms with Crippen LogP contribution >= 0.6 is 0 Å². The van der Waals surface area contributed by atoms with Gasteiger partial charge in [0.1, 0.15) is 0 Å². The van der Waals surface area contributed by atoms with Crippen molar-refractivity contribution in [2.24, 2.45) is 0 Å². The van der Waals surface area contributed by atoms with E-state index in [1.54, 1.807) is 18.3 Å². The van der Waals surface area contributed by atoms with E-state index in [1.165, 1.54) is 11.8 Å². The van der Waals surface area contributed by atoms with Gasteiger partial charge in [-0.25, -0.2) is 4.98 Å². The average Bonchev–Trinajstić information content (AvgIpc) is 3.27. The summed E-state index contributed by atoms with van der Waals surface area (Å²) >= 11 is 0. The molecular weight excluding hydrogens is 388 g/mol. The second-order valence-corrected chi connectivity index (χ2v) is 7.62. The molecule has 0 spiro atoms. The Bertz CT molecular complexity index is 1160. The van der Waals surface area contributed by atoms with Crippen LogP contribution in [-0.2, 0) is 0 Å². The number of aromatic hydroxyl groups is 2. The van der Waals surface area contributed by atoms with Crippen LogP contribution in [0.3, 0.4) is 0 Å². The van der Waals surface area contributed by atoms with Gasteiger partial charge in [-0.05, 0) is 67.4 Å². The maximum atomic E-state index is 9.87. The molecule has 3 N–H and O–H groups in total. The Labute approximate surface area is 182 Å². The zero-order valence-corrected chi connectivity index (χ0v) is 17.9. The van der Waals surface area contributed by atoms with E-state index in [0.717, 1.165) is 54.2 Å². The molecule has 0 bridgehead atoms. The fraction of sp³-hybridized carbons (Fsp3) is 0.240. The van der Waals surface area contributed by atoms with Gasteiger partial charge in [0.25, 0.3) is 0 Å². The van der Waals surface area contributed by atoms with Gasteiger partial charge in [-0.2, -0.15) is 0 Å². The third-order valence-corrected chi connectivity index (χ3v) is 5.32. The van der Waals surface area contributed by atoms with Crippen LogP contribution in [0.25, 0.3) is 16.9 Å². The van der Waals surface area contributed by atoms with Crippen LogP contribution in [0, 0.1) is 0 Å². The fourth-order valence-corrected chi connectivity index (χ4v) is 3.85. The molecule has 0 radical (unpaired) electrons. The van der Waals surface area contributed by atoms with Crippen LogP contribution in [0.5, 0.6) is 11.5 Å². The largest absolute Gasteiger partial charge is 0.504 e. The average molecular weight is 417 g/mol. The number of benzene rings is 2. The lowest BCUT2D eigenvalue weighted by molar-refractivity contribution is 0.404. The van der Waals surface area contributed by atoms with Crippen LogP contribution in [0.15, 0.2) is 67.0 Å². The smallest absolute Gasteiger partial charge is 0.161 e. The first-order valence-corrected chi connectivity index (χ1v) is 10.7. The highest BCUT2D eigenvalue weighted by Gasteiger charge is 2.11. The number of phenols is 2. The van der Waals surface area contributed by atoms with Crippen molar-refractivity contribution in [2.75, 3.05) is 23.3 Å². The van der Waals surface area contributed by atoms with Gasteiger partial charge >= 0.3 is 0 Å². The molecule has 6 heteroatoms. The summed E-state index contributed by atoms with van der Waals surface area (Å²) in [6, 6.07) is 17.3. The number of anilines is 3. The van der Waals surface area contributed by atoms with E-state index in [0.29, 0.717) is 0 Å². The highest BCUT2D eigenvalue weighted by atomic mass is 16.3. The number of phenolic OH excluding ortho intramolecular Hbond substituents is 2. The molecule has 0 atom stereocenters. The zero-order valence-electron chi connectivity index (χ0n) is 17.9. The van der Waals surface area contributed by atoms with Gasteiger partial charge in [0, 0.05) is 42.4 Å². The third-order valence-electron chi connectivity index (χ3n) is 5.32. The van der Waals surface area contributed by atoms with E-state index in [1.807, 2.05) is 22.7 Å². The van der Waals surface area contributed by atoms with Crippen LogP contribution in [0.4, 0.5) is 17.1 Å². The van der Waals surface area contributed by atoms with E-state index in [9.17, 15) is 10.2 Å². The summed E-state index contributed by atoms with van der Waals surface area (Å²) < 4.78 is 1.97. The highest BCUT2D eigenvalue weighted by molar-refractivity contribution is 5.79. The predicted molar refractivity (Wildman–Crippen MR) is 126 cm³/mol. The molecule has 0 amide bonds. The molecule has 2 heterocycles. The number of rotatable bonds is 8.